The maximum absolute atomic E-state index is 13.4. The van der Waals surface area contributed by atoms with Crippen LogP contribution in [0.4, 0.5) is 4.79 Å². The van der Waals surface area contributed by atoms with Crippen LogP contribution in [0, 0.1) is 5.92 Å². The molecule has 3 aromatic carbocycles. The quantitative estimate of drug-likeness (QED) is 0.367. The molecule has 0 saturated heterocycles. The zero-order chi connectivity index (χ0) is 27.2. The molecule has 7 nitrogen and oxygen atoms in total. The van der Waals surface area contributed by atoms with Crippen LogP contribution in [0.3, 0.4) is 0 Å². The first kappa shape index (κ1) is 26.2. The molecule has 200 valence electrons. The third-order valence-corrected chi connectivity index (χ3v) is 7.45. The number of carboxylic acids is 1. The number of fused-ring (bicyclic) bond motifs is 3. The van der Waals surface area contributed by atoms with Crippen molar-refractivity contribution >= 4 is 18.0 Å². The van der Waals surface area contributed by atoms with Crippen molar-refractivity contribution in [1.82, 2.24) is 10.2 Å². The predicted octanol–water partition coefficient (Wildman–Crippen LogP) is 5.36. The first-order valence-electron chi connectivity index (χ1n) is 13.3. The molecule has 39 heavy (non-hydrogen) atoms. The van der Waals surface area contributed by atoms with Crippen molar-refractivity contribution in [1.29, 1.82) is 0 Å². The normalized spacial score (nSPS) is 17.6. The number of allylic oxidation sites excluding steroid dienone is 1. The van der Waals surface area contributed by atoms with Crippen LogP contribution in [0.2, 0.25) is 0 Å². The number of ether oxygens (including phenoxy) is 1. The Balaban J connectivity index is 1.19. The van der Waals surface area contributed by atoms with E-state index in [1.807, 2.05) is 66.7 Å². The zero-order valence-corrected chi connectivity index (χ0v) is 21.7. The molecule has 0 fully saturated rings. The summed E-state index contributed by atoms with van der Waals surface area (Å²) in [6.07, 6.45) is 4.12. The third kappa shape index (κ3) is 6.20. The molecular formula is C32H32N2O5. The van der Waals surface area contributed by atoms with Crippen molar-refractivity contribution in [3.8, 4) is 11.1 Å². The summed E-state index contributed by atoms with van der Waals surface area (Å²) in [4.78, 5) is 39.0. The Morgan fingerprint density at radius 1 is 0.897 bits per heavy atom. The molecule has 0 heterocycles. The molecule has 2 aliphatic rings. The summed E-state index contributed by atoms with van der Waals surface area (Å²) in [6.45, 7) is 0.698. The van der Waals surface area contributed by atoms with Gasteiger partial charge >= 0.3 is 12.1 Å². The molecule has 2 atom stereocenters. The Bertz CT molecular complexity index is 1320. The van der Waals surface area contributed by atoms with E-state index in [1.165, 1.54) is 11.1 Å². The van der Waals surface area contributed by atoms with Gasteiger partial charge in [-0.25, -0.2) is 4.79 Å². The molecule has 0 radical (unpaired) electrons. The number of aliphatic carboxylic acids is 1. The minimum atomic E-state index is -0.945. The van der Waals surface area contributed by atoms with E-state index in [9.17, 15) is 19.5 Å². The van der Waals surface area contributed by atoms with E-state index in [4.69, 9.17) is 4.74 Å². The SMILES string of the molecule is O=C(O)CCN(Cc1ccccc1)C(=O)[C@@H]1CC=C[C@@H](NC(=O)OCC2c3ccccc3-c3ccccc32)C1. The first-order chi connectivity index (χ1) is 19.0. The monoisotopic (exact) mass is 524 g/mol. The van der Waals surface area contributed by atoms with E-state index >= 15 is 0 Å². The number of benzene rings is 3. The number of alkyl carbamates (subject to hydrolysis) is 1. The van der Waals surface area contributed by atoms with E-state index in [0.29, 0.717) is 19.4 Å². The molecular weight excluding hydrogens is 492 g/mol. The van der Waals surface area contributed by atoms with Gasteiger partial charge in [-0.2, -0.15) is 0 Å². The van der Waals surface area contributed by atoms with Crippen molar-refractivity contribution < 1.29 is 24.2 Å². The van der Waals surface area contributed by atoms with E-state index in [0.717, 1.165) is 16.7 Å². The fraction of sp³-hybridized carbons (Fsp3) is 0.281. The highest BCUT2D eigenvalue weighted by Crippen LogP contribution is 2.44. The highest BCUT2D eigenvalue weighted by atomic mass is 16.5. The molecule has 2 aliphatic carbocycles. The second-order valence-electron chi connectivity index (χ2n) is 10.1. The first-order valence-corrected chi connectivity index (χ1v) is 13.3. The summed E-state index contributed by atoms with van der Waals surface area (Å²) in [5.41, 5.74) is 5.57. The van der Waals surface area contributed by atoms with E-state index in [1.54, 1.807) is 4.90 Å². The maximum Gasteiger partial charge on any atom is 0.407 e. The minimum absolute atomic E-state index is 0.0276. The van der Waals surface area contributed by atoms with Gasteiger partial charge in [-0.3, -0.25) is 9.59 Å². The largest absolute Gasteiger partial charge is 0.481 e. The number of amides is 2. The summed E-state index contributed by atoms with van der Waals surface area (Å²) in [7, 11) is 0. The molecule has 0 saturated carbocycles. The van der Waals surface area contributed by atoms with Gasteiger partial charge in [0, 0.05) is 24.9 Å². The van der Waals surface area contributed by atoms with E-state index in [2.05, 4.69) is 29.6 Å². The van der Waals surface area contributed by atoms with Crippen molar-refractivity contribution in [3.05, 3.63) is 108 Å². The maximum atomic E-state index is 13.4. The van der Waals surface area contributed by atoms with Gasteiger partial charge < -0.3 is 20.1 Å². The summed E-state index contributed by atoms with van der Waals surface area (Å²) >= 11 is 0. The van der Waals surface area contributed by atoms with Gasteiger partial charge in [0.1, 0.15) is 6.61 Å². The Morgan fingerprint density at radius 3 is 2.21 bits per heavy atom. The average Bonchev–Trinajstić information content (AvgIpc) is 3.28. The van der Waals surface area contributed by atoms with Crippen LogP contribution >= 0.6 is 0 Å². The number of hydrogen-bond acceptors (Lipinski definition) is 4. The summed E-state index contributed by atoms with van der Waals surface area (Å²) < 4.78 is 5.68. The van der Waals surface area contributed by atoms with Gasteiger partial charge in [-0.15, -0.1) is 0 Å². The Kier molecular flexibility index (Phi) is 8.06. The molecule has 0 unspecified atom stereocenters. The molecule has 0 bridgehead atoms. The van der Waals surface area contributed by atoms with Crippen LogP contribution in [0.5, 0.6) is 0 Å². The fourth-order valence-electron chi connectivity index (χ4n) is 5.55. The smallest absolute Gasteiger partial charge is 0.407 e. The molecule has 3 aromatic rings. The van der Waals surface area contributed by atoms with Gasteiger partial charge in [0.05, 0.1) is 12.5 Å². The average molecular weight is 525 g/mol. The molecule has 0 aromatic heterocycles. The van der Waals surface area contributed by atoms with Crippen LogP contribution in [-0.2, 0) is 20.9 Å². The second-order valence-corrected chi connectivity index (χ2v) is 10.1. The number of nitrogens with zero attached hydrogens (tertiary/aromatic N) is 1. The Labute approximate surface area is 228 Å². The number of carboxylic acid groups (broad SMARTS) is 1. The zero-order valence-electron chi connectivity index (χ0n) is 21.7. The highest BCUT2D eigenvalue weighted by molar-refractivity contribution is 5.81. The predicted molar refractivity (Wildman–Crippen MR) is 148 cm³/mol. The summed E-state index contributed by atoms with van der Waals surface area (Å²) in [5, 5.41) is 12.1. The minimum Gasteiger partial charge on any atom is -0.481 e. The number of rotatable bonds is 9. The third-order valence-electron chi connectivity index (χ3n) is 7.45. The number of hydrogen-bond donors (Lipinski definition) is 2. The summed E-state index contributed by atoms with van der Waals surface area (Å²) in [6, 6.07) is 25.6. The van der Waals surface area contributed by atoms with Crippen molar-refractivity contribution in [2.24, 2.45) is 5.92 Å². The fourth-order valence-corrected chi connectivity index (χ4v) is 5.55. The number of nitrogens with one attached hydrogen (secondary N) is 1. The lowest BCUT2D eigenvalue weighted by atomic mass is 9.89. The van der Waals surface area contributed by atoms with Crippen LogP contribution in [0.1, 0.15) is 41.9 Å². The summed E-state index contributed by atoms with van der Waals surface area (Å²) in [5.74, 6) is -1.44. The van der Waals surface area contributed by atoms with Crippen LogP contribution < -0.4 is 5.32 Å². The van der Waals surface area contributed by atoms with Crippen LogP contribution in [0.15, 0.2) is 91.0 Å². The molecule has 2 N–H and O–H groups in total. The molecule has 0 aliphatic heterocycles. The highest BCUT2D eigenvalue weighted by Gasteiger charge is 2.31. The molecule has 2 amide bonds. The van der Waals surface area contributed by atoms with E-state index in [-0.39, 0.29) is 43.4 Å². The van der Waals surface area contributed by atoms with Gasteiger partial charge in [-0.05, 0) is 40.7 Å². The van der Waals surface area contributed by atoms with Crippen molar-refractivity contribution in [2.45, 2.75) is 37.8 Å². The number of carbonyl (C=O) groups is 3. The Hall–Kier alpha value is -4.39. The molecule has 0 spiro atoms. The lowest BCUT2D eigenvalue weighted by Crippen LogP contribution is -2.43. The molecule has 5 rings (SSSR count). The van der Waals surface area contributed by atoms with Crippen LogP contribution in [-0.4, -0.2) is 47.2 Å². The second kappa shape index (κ2) is 12.0. The van der Waals surface area contributed by atoms with Crippen molar-refractivity contribution in [3.63, 3.8) is 0 Å². The number of carbonyl (C=O) groups excluding carboxylic acids is 2. The van der Waals surface area contributed by atoms with E-state index < -0.39 is 12.1 Å². The Morgan fingerprint density at radius 2 is 1.54 bits per heavy atom. The van der Waals surface area contributed by atoms with Gasteiger partial charge in [-0.1, -0.05) is 91.0 Å². The lowest BCUT2D eigenvalue weighted by molar-refractivity contribution is -0.140. The molecule has 7 heteroatoms. The van der Waals surface area contributed by atoms with Gasteiger partial charge in [0.25, 0.3) is 0 Å². The lowest BCUT2D eigenvalue weighted by Gasteiger charge is -2.30. The topological polar surface area (TPSA) is 95.9 Å². The van der Waals surface area contributed by atoms with Crippen molar-refractivity contribution in [2.75, 3.05) is 13.2 Å². The van der Waals surface area contributed by atoms with Gasteiger partial charge in [0.2, 0.25) is 5.91 Å². The van der Waals surface area contributed by atoms with Gasteiger partial charge in [0.15, 0.2) is 0 Å². The standard InChI is InChI=1S/C32H32N2O5/c35-30(36)17-18-34(20-22-9-2-1-3-10-22)31(37)23-11-8-12-24(19-23)33-32(38)39-21-29-27-15-6-4-13-25(27)26-14-5-7-16-28(26)29/h1-10,12-16,23-24,29H,11,17-21H2,(H,33,38)(H,35,36)/t23-,24-/m1/s1. The van der Waals surface area contributed by atoms with Crippen LogP contribution in [0.25, 0.3) is 11.1 Å².